The van der Waals surface area contributed by atoms with Crippen molar-refractivity contribution in [2.75, 3.05) is 25.4 Å². The summed E-state index contributed by atoms with van der Waals surface area (Å²) >= 11 is 1.57. The summed E-state index contributed by atoms with van der Waals surface area (Å²) in [6, 6.07) is 2.74. The van der Waals surface area contributed by atoms with Crippen molar-refractivity contribution in [2.45, 2.75) is 94.3 Å². The summed E-state index contributed by atoms with van der Waals surface area (Å²) in [5.74, 6) is -5.44. The van der Waals surface area contributed by atoms with E-state index in [-0.39, 0.29) is 50.6 Å². The fourth-order valence-corrected chi connectivity index (χ4v) is 5.77. The van der Waals surface area contributed by atoms with E-state index in [1.54, 1.807) is 42.1 Å². The molecule has 0 aliphatic carbocycles. The maximum Gasteiger partial charge on any atom is 0.305 e. The highest BCUT2D eigenvalue weighted by Gasteiger charge is 2.33. The normalized spacial score (nSPS) is 20.9. The van der Waals surface area contributed by atoms with Crippen LogP contribution in [0.4, 0.5) is 0 Å². The maximum absolute atomic E-state index is 13.8. The van der Waals surface area contributed by atoms with Gasteiger partial charge in [-0.2, -0.15) is 11.8 Å². The Morgan fingerprint density at radius 1 is 0.865 bits per heavy atom. The number of nitrogens with two attached hydrogens (primary N) is 3. The number of guanidine groups is 1. The predicted octanol–water partition coefficient (Wildman–Crippen LogP) is -2.42. The van der Waals surface area contributed by atoms with Gasteiger partial charge in [-0.1, -0.05) is 44.2 Å². The molecule has 0 bridgehead atoms. The van der Waals surface area contributed by atoms with Gasteiger partial charge in [-0.15, -0.1) is 0 Å². The number of unbranched alkanes of at least 4 members (excludes halogenated alkanes) is 1. The zero-order valence-electron chi connectivity index (χ0n) is 29.5. The van der Waals surface area contributed by atoms with Gasteiger partial charge in [0.1, 0.15) is 24.2 Å². The zero-order valence-corrected chi connectivity index (χ0v) is 30.3. The molecule has 0 saturated carbocycles. The van der Waals surface area contributed by atoms with Gasteiger partial charge < -0.3 is 54.2 Å². The minimum Gasteiger partial charge on any atom is -0.481 e. The lowest BCUT2D eigenvalue weighted by Crippen LogP contribution is -2.58. The van der Waals surface area contributed by atoms with Gasteiger partial charge in [0.2, 0.25) is 35.4 Å². The van der Waals surface area contributed by atoms with E-state index in [9.17, 15) is 38.7 Å². The van der Waals surface area contributed by atoms with Crippen LogP contribution in [0.15, 0.2) is 35.3 Å². The molecule has 52 heavy (non-hydrogen) atoms. The molecule has 1 heterocycles. The minimum atomic E-state index is -1.59. The standard InChI is InChI=1S/C33H52N10O8S/c1-19(2)52-18-21(34)28(47)37-13-7-6-11-23-30(49)41-22(12-8-14-38-33(35)36)29(48)39-17-26(44)40-25(16-27(45)46)32(51)43-24(31(50)42-23)15-20-9-4-3-5-10-20/h3-5,9-10,19,21-25H,6-8,11-18,34H2,1-2H3,(H,37,47)(H,39,48)(H,40,44)(H,41,49)(H,42,50)(H,43,51)(H,45,46)(H4,35,36,38)/t21-,22-,23-,24+,25-/m0/s1. The molecule has 5 atom stereocenters. The van der Waals surface area contributed by atoms with Crippen LogP contribution in [-0.2, 0) is 40.0 Å². The van der Waals surface area contributed by atoms with Crippen molar-refractivity contribution in [3.63, 3.8) is 0 Å². The van der Waals surface area contributed by atoms with E-state index in [1.807, 2.05) is 13.8 Å². The first-order chi connectivity index (χ1) is 24.7. The Balaban J connectivity index is 2.36. The van der Waals surface area contributed by atoms with Gasteiger partial charge in [0.15, 0.2) is 5.96 Å². The fraction of sp³-hybridized carbons (Fsp3) is 0.576. The molecule has 6 amide bonds. The number of benzene rings is 1. The van der Waals surface area contributed by atoms with Crippen LogP contribution >= 0.6 is 11.8 Å². The van der Waals surface area contributed by atoms with E-state index in [0.29, 0.717) is 29.4 Å². The Bertz CT molecular complexity index is 1410. The smallest absolute Gasteiger partial charge is 0.305 e. The summed E-state index contributed by atoms with van der Waals surface area (Å²) in [6.07, 6.45) is 0.330. The van der Waals surface area contributed by atoms with E-state index in [4.69, 9.17) is 17.2 Å². The molecule has 0 aromatic heterocycles. The summed E-state index contributed by atoms with van der Waals surface area (Å²) in [6.45, 7) is 3.77. The summed E-state index contributed by atoms with van der Waals surface area (Å²) < 4.78 is 0. The van der Waals surface area contributed by atoms with Crippen LogP contribution in [0, 0.1) is 0 Å². The average Bonchev–Trinajstić information content (AvgIpc) is 3.09. The lowest BCUT2D eigenvalue weighted by atomic mass is 10.0. The second-order valence-electron chi connectivity index (χ2n) is 12.5. The van der Waals surface area contributed by atoms with E-state index in [2.05, 4.69) is 36.9 Å². The second kappa shape index (κ2) is 22.8. The van der Waals surface area contributed by atoms with Crippen molar-refractivity contribution in [1.82, 2.24) is 31.9 Å². The molecule has 2 rings (SSSR count). The first-order valence-corrected chi connectivity index (χ1v) is 18.1. The van der Waals surface area contributed by atoms with Gasteiger partial charge in [0.25, 0.3) is 0 Å². The molecule has 1 saturated heterocycles. The molecule has 19 heteroatoms. The van der Waals surface area contributed by atoms with Crippen LogP contribution in [0.5, 0.6) is 0 Å². The third-order valence-corrected chi connectivity index (χ3v) is 8.96. The Kier molecular flexibility index (Phi) is 19.0. The Hall–Kier alpha value is -4.91. The molecule has 288 valence electrons. The van der Waals surface area contributed by atoms with Crippen LogP contribution in [0.3, 0.4) is 0 Å². The Labute approximate surface area is 307 Å². The number of carbonyl (C=O) groups is 7. The number of thioether (sulfide) groups is 1. The van der Waals surface area contributed by atoms with Crippen molar-refractivity contribution in [3.8, 4) is 0 Å². The van der Waals surface area contributed by atoms with E-state index in [0.717, 1.165) is 0 Å². The van der Waals surface area contributed by atoms with Crippen LogP contribution in [0.2, 0.25) is 0 Å². The predicted molar refractivity (Wildman–Crippen MR) is 195 cm³/mol. The van der Waals surface area contributed by atoms with E-state index >= 15 is 0 Å². The molecule has 1 aliphatic heterocycles. The number of carbonyl (C=O) groups excluding carboxylic acids is 6. The minimum absolute atomic E-state index is 0.0324. The number of rotatable bonds is 17. The Morgan fingerprint density at radius 3 is 2.10 bits per heavy atom. The molecule has 0 unspecified atom stereocenters. The maximum atomic E-state index is 13.8. The van der Waals surface area contributed by atoms with Crippen molar-refractivity contribution in [2.24, 2.45) is 22.2 Å². The number of carboxylic acids is 1. The highest BCUT2D eigenvalue weighted by molar-refractivity contribution is 7.99. The number of nitrogens with one attached hydrogen (secondary N) is 6. The quantitative estimate of drug-likeness (QED) is 0.0453. The number of carboxylic acid groups (broad SMARTS) is 1. The molecule has 1 aliphatic rings. The average molecular weight is 749 g/mol. The largest absolute Gasteiger partial charge is 0.481 e. The first-order valence-electron chi connectivity index (χ1n) is 17.1. The van der Waals surface area contributed by atoms with Crippen LogP contribution in [0.1, 0.15) is 57.9 Å². The van der Waals surface area contributed by atoms with Crippen LogP contribution in [0.25, 0.3) is 0 Å². The van der Waals surface area contributed by atoms with Crippen LogP contribution < -0.4 is 49.1 Å². The third kappa shape index (κ3) is 16.9. The van der Waals surface area contributed by atoms with Gasteiger partial charge in [0, 0.05) is 25.3 Å². The molecule has 13 N–H and O–H groups in total. The topological polar surface area (TPSA) is 302 Å². The van der Waals surface area contributed by atoms with E-state index < -0.39 is 78.7 Å². The number of amides is 6. The van der Waals surface area contributed by atoms with Gasteiger partial charge >= 0.3 is 5.97 Å². The number of hydrogen-bond donors (Lipinski definition) is 10. The molecular formula is C33H52N10O8S. The number of aliphatic imine (C=N–C) groups is 1. The molecule has 1 fully saturated rings. The van der Waals surface area contributed by atoms with Gasteiger partial charge in [0.05, 0.1) is 19.0 Å². The molecule has 0 spiro atoms. The Morgan fingerprint density at radius 2 is 1.46 bits per heavy atom. The summed E-state index contributed by atoms with van der Waals surface area (Å²) in [5, 5.41) is 25.1. The SMILES string of the molecule is CC(C)SC[C@H](N)C(=O)NCCCC[C@@H]1NC(=O)[C@@H](Cc2ccccc2)NC(=O)[C@H](CC(=O)O)NC(=O)CNC(=O)[C@H](CCCN=C(N)N)NC1=O. The molecular weight excluding hydrogens is 696 g/mol. The zero-order chi connectivity index (χ0) is 38.6. The van der Waals surface area contributed by atoms with E-state index in [1.165, 1.54) is 0 Å². The second-order valence-corrected chi connectivity index (χ2v) is 14.1. The summed E-state index contributed by atoms with van der Waals surface area (Å²) in [7, 11) is 0. The van der Waals surface area contributed by atoms with Gasteiger partial charge in [-0.05, 0) is 42.9 Å². The number of nitrogens with zero attached hydrogens (tertiary/aromatic N) is 1. The highest BCUT2D eigenvalue weighted by Crippen LogP contribution is 2.11. The van der Waals surface area contributed by atoms with Gasteiger partial charge in [-0.3, -0.25) is 38.6 Å². The van der Waals surface area contributed by atoms with Crippen LogP contribution in [-0.4, -0.2) is 113 Å². The molecule has 1 aromatic carbocycles. The van der Waals surface area contributed by atoms with Crippen molar-refractivity contribution in [3.05, 3.63) is 35.9 Å². The summed E-state index contributed by atoms with van der Waals surface area (Å²) in [4.78, 5) is 94.8. The first kappa shape index (κ1) is 43.3. The van der Waals surface area contributed by atoms with Crippen molar-refractivity contribution in [1.29, 1.82) is 0 Å². The highest BCUT2D eigenvalue weighted by atomic mass is 32.2. The fourth-order valence-electron chi connectivity index (χ4n) is 5.03. The monoisotopic (exact) mass is 748 g/mol. The summed E-state index contributed by atoms with van der Waals surface area (Å²) in [5.41, 5.74) is 17.4. The van der Waals surface area contributed by atoms with Gasteiger partial charge in [-0.25, -0.2) is 0 Å². The lowest BCUT2D eigenvalue weighted by molar-refractivity contribution is -0.141. The molecule has 18 nitrogen and oxygen atoms in total. The van der Waals surface area contributed by atoms with Crippen molar-refractivity contribution < 1.29 is 38.7 Å². The molecule has 1 aromatic rings. The lowest BCUT2D eigenvalue weighted by Gasteiger charge is -2.26. The molecule has 0 radical (unpaired) electrons. The number of aliphatic carboxylic acids is 1. The third-order valence-electron chi connectivity index (χ3n) is 7.75. The van der Waals surface area contributed by atoms with Crippen molar-refractivity contribution >= 4 is 59.1 Å². The number of hydrogen-bond acceptors (Lipinski definition) is 10.